The minimum Gasteiger partial charge on any atom is -0.0795 e. The lowest BCUT2D eigenvalue weighted by Gasteiger charge is -2.28. The van der Waals surface area contributed by atoms with E-state index >= 15 is 0 Å². The normalized spacial score (nSPS) is 15.5. The maximum absolute atomic E-state index is 2.57. The lowest BCUT2D eigenvalue weighted by atomic mass is 9.82. The van der Waals surface area contributed by atoms with E-state index in [9.17, 15) is 0 Å². The first-order chi connectivity index (χ1) is 5.72. The monoisotopic (exact) mass is 296 g/mol. The summed E-state index contributed by atoms with van der Waals surface area (Å²) in [6.07, 6.45) is 2.73. The third kappa shape index (κ3) is 7.77. The Morgan fingerprint density at radius 2 is 1.54 bits per heavy atom. The van der Waals surface area contributed by atoms with Crippen LogP contribution in [0, 0.1) is 17.8 Å². The van der Waals surface area contributed by atoms with Gasteiger partial charge >= 0.3 is 0 Å². The molecule has 1 atom stereocenters. The first-order valence-corrected chi connectivity index (χ1v) is 6.49. The largest absolute Gasteiger partial charge is 0.0795 e. The molecule has 0 aliphatic heterocycles. The Hall–Kier alpha value is 0.730. The standard InChI is InChI=1S/C12H25I/c1-9(2)7-11(10(3)4)8-12(5,6)13/h9-11H,7-8H2,1-6H3/t11-/m0/s1. The van der Waals surface area contributed by atoms with E-state index in [1.54, 1.807) is 0 Å². The van der Waals surface area contributed by atoms with E-state index in [4.69, 9.17) is 0 Å². The average Bonchev–Trinajstić information content (AvgIpc) is 1.81. The third-order valence-corrected chi connectivity index (χ3v) is 2.90. The van der Waals surface area contributed by atoms with Gasteiger partial charge in [-0.05, 0) is 30.6 Å². The summed E-state index contributed by atoms with van der Waals surface area (Å²) in [5, 5.41) is 0. The fourth-order valence-electron chi connectivity index (χ4n) is 1.82. The molecule has 0 unspecified atom stereocenters. The molecule has 0 rings (SSSR count). The molecule has 0 heterocycles. The van der Waals surface area contributed by atoms with Crippen molar-refractivity contribution in [2.45, 2.75) is 57.8 Å². The van der Waals surface area contributed by atoms with Crippen LogP contribution in [0.3, 0.4) is 0 Å². The Bertz CT molecular complexity index is 131. The quantitative estimate of drug-likeness (QED) is 0.499. The number of hydrogen-bond acceptors (Lipinski definition) is 0. The van der Waals surface area contributed by atoms with Gasteiger partial charge in [0.15, 0.2) is 0 Å². The van der Waals surface area contributed by atoms with Gasteiger partial charge in [0, 0.05) is 3.42 Å². The summed E-state index contributed by atoms with van der Waals surface area (Å²) >= 11 is 2.57. The summed E-state index contributed by atoms with van der Waals surface area (Å²) in [5.74, 6) is 2.56. The van der Waals surface area contributed by atoms with E-state index in [2.05, 4.69) is 64.1 Å². The van der Waals surface area contributed by atoms with Crippen LogP contribution in [-0.2, 0) is 0 Å². The molecule has 0 aliphatic rings. The highest BCUT2D eigenvalue weighted by molar-refractivity contribution is 14.1. The molecule has 0 saturated carbocycles. The number of halogens is 1. The van der Waals surface area contributed by atoms with Crippen molar-refractivity contribution in [1.82, 2.24) is 0 Å². The zero-order chi connectivity index (χ0) is 10.6. The van der Waals surface area contributed by atoms with Crippen LogP contribution in [-0.4, -0.2) is 3.42 Å². The van der Waals surface area contributed by atoms with Gasteiger partial charge < -0.3 is 0 Å². The van der Waals surface area contributed by atoms with Gasteiger partial charge in [0.2, 0.25) is 0 Å². The van der Waals surface area contributed by atoms with Crippen molar-refractivity contribution in [3.8, 4) is 0 Å². The Balaban J connectivity index is 4.11. The van der Waals surface area contributed by atoms with Crippen LogP contribution in [0.25, 0.3) is 0 Å². The van der Waals surface area contributed by atoms with Crippen LogP contribution < -0.4 is 0 Å². The molecule has 0 aromatic rings. The number of alkyl halides is 1. The Morgan fingerprint density at radius 3 is 1.77 bits per heavy atom. The van der Waals surface area contributed by atoms with Crippen molar-refractivity contribution < 1.29 is 0 Å². The van der Waals surface area contributed by atoms with E-state index in [1.807, 2.05) is 0 Å². The molecule has 13 heavy (non-hydrogen) atoms. The molecular formula is C12H25I. The molecule has 0 aromatic carbocycles. The SMILES string of the molecule is CC(C)C[C@@H](CC(C)(C)I)C(C)C. The van der Waals surface area contributed by atoms with Crippen LogP contribution in [0.1, 0.15) is 54.4 Å². The zero-order valence-corrected chi connectivity index (χ0v) is 12.2. The first kappa shape index (κ1) is 13.7. The topological polar surface area (TPSA) is 0 Å². The molecule has 0 aliphatic carbocycles. The molecule has 0 spiro atoms. The minimum absolute atomic E-state index is 0.460. The number of rotatable bonds is 5. The molecule has 1 heteroatoms. The van der Waals surface area contributed by atoms with Crippen LogP contribution in [0.2, 0.25) is 0 Å². The average molecular weight is 296 g/mol. The third-order valence-electron chi connectivity index (χ3n) is 2.46. The molecule has 0 N–H and O–H groups in total. The Kier molecular flexibility index (Phi) is 5.88. The molecule has 0 bridgehead atoms. The fourth-order valence-corrected chi connectivity index (χ4v) is 2.39. The smallest absolute Gasteiger partial charge is 0.0168 e. The second-order valence-corrected chi connectivity index (χ2v) is 8.48. The van der Waals surface area contributed by atoms with E-state index in [1.165, 1.54) is 12.8 Å². The lowest BCUT2D eigenvalue weighted by molar-refractivity contribution is 0.283. The van der Waals surface area contributed by atoms with Crippen molar-refractivity contribution in [2.24, 2.45) is 17.8 Å². The predicted molar refractivity (Wildman–Crippen MR) is 70.5 cm³/mol. The maximum Gasteiger partial charge on any atom is 0.0168 e. The summed E-state index contributed by atoms with van der Waals surface area (Å²) in [7, 11) is 0. The second kappa shape index (κ2) is 5.57. The van der Waals surface area contributed by atoms with E-state index in [0.29, 0.717) is 3.42 Å². The fraction of sp³-hybridized carbons (Fsp3) is 1.00. The highest BCUT2D eigenvalue weighted by Crippen LogP contribution is 2.33. The number of hydrogen-bond donors (Lipinski definition) is 0. The highest BCUT2D eigenvalue weighted by Gasteiger charge is 2.23. The van der Waals surface area contributed by atoms with Crippen molar-refractivity contribution in [3.63, 3.8) is 0 Å². The van der Waals surface area contributed by atoms with E-state index in [0.717, 1.165) is 17.8 Å². The molecule has 0 fully saturated rings. The van der Waals surface area contributed by atoms with Crippen molar-refractivity contribution in [2.75, 3.05) is 0 Å². The lowest BCUT2D eigenvalue weighted by Crippen LogP contribution is -2.21. The summed E-state index contributed by atoms with van der Waals surface area (Å²) in [5.41, 5.74) is 0. The molecule has 0 radical (unpaired) electrons. The molecule has 0 amide bonds. The van der Waals surface area contributed by atoms with Crippen molar-refractivity contribution in [3.05, 3.63) is 0 Å². The van der Waals surface area contributed by atoms with Gasteiger partial charge in [-0.2, -0.15) is 0 Å². The van der Waals surface area contributed by atoms with E-state index < -0.39 is 0 Å². The summed E-state index contributed by atoms with van der Waals surface area (Å²) < 4.78 is 0.460. The second-order valence-electron chi connectivity index (χ2n) is 5.56. The van der Waals surface area contributed by atoms with Crippen LogP contribution in [0.5, 0.6) is 0 Å². The predicted octanol–water partition coefficient (Wildman–Crippen LogP) is 4.91. The molecule has 0 saturated heterocycles. The van der Waals surface area contributed by atoms with Gasteiger partial charge in [0.1, 0.15) is 0 Å². The van der Waals surface area contributed by atoms with Gasteiger partial charge in [-0.15, -0.1) is 0 Å². The summed E-state index contributed by atoms with van der Waals surface area (Å²) in [4.78, 5) is 0. The van der Waals surface area contributed by atoms with Crippen LogP contribution in [0.15, 0.2) is 0 Å². The zero-order valence-electron chi connectivity index (χ0n) is 10.0. The van der Waals surface area contributed by atoms with Crippen molar-refractivity contribution >= 4 is 22.6 Å². The Morgan fingerprint density at radius 1 is 1.08 bits per heavy atom. The van der Waals surface area contributed by atoms with E-state index in [-0.39, 0.29) is 0 Å². The maximum atomic E-state index is 2.57. The molecule has 80 valence electrons. The van der Waals surface area contributed by atoms with Gasteiger partial charge in [0.05, 0.1) is 0 Å². The first-order valence-electron chi connectivity index (χ1n) is 5.41. The van der Waals surface area contributed by atoms with Gasteiger partial charge in [-0.1, -0.05) is 64.1 Å². The van der Waals surface area contributed by atoms with Crippen molar-refractivity contribution in [1.29, 1.82) is 0 Å². The van der Waals surface area contributed by atoms with Crippen LogP contribution in [0.4, 0.5) is 0 Å². The minimum atomic E-state index is 0.460. The summed E-state index contributed by atoms with van der Waals surface area (Å²) in [6.45, 7) is 14.0. The molecule has 0 aromatic heterocycles. The Labute approximate surface area is 98.0 Å². The van der Waals surface area contributed by atoms with Gasteiger partial charge in [0.25, 0.3) is 0 Å². The van der Waals surface area contributed by atoms with Crippen LogP contribution >= 0.6 is 22.6 Å². The summed E-state index contributed by atoms with van der Waals surface area (Å²) in [6, 6.07) is 0. The highest BCUT2D eigenvalue weighted by atomic mass is 127. The van der Waals surface area contributed by atoms with Gasteiger partial charge in [-0.25, -0.2) is 0 Å². The molecular weight excluding hydrogens is 271 g/mol. The molecule has 0 nitrogen and oxygen atoms in total. The van der Waals surface area contributed by atoms with Gasteiger partial charge in [-0.3, -0.25) is 0 Å².